The molecule has 1 aliphatic carbocycles. The molecule has 0 saturated carbocycles. The lowest BCUT2D eigenvalue weighted by Gasteiger charge is -2.11. The first-order chi connectivity index (χ1) is 10.3. The van der Waals surface area contributed by atoms with Crippen molar-refractivity contribution in [3.8, 4) is 0 Å². The van der Waals surface area contributed by atoms with Crippen molar-refractivity contribution >= 4 is 11.7 Å². The van der Waals surface area contributed by atoms with Crippen LogP contribution in [0.3, 0.4) is 0 Å². The summed E-state index contributed by atoms with van der Waals surface area (Å²) in [5.41, 5.74) is 5.59. The molecule has 0 saturated heterocycles. The van der Waals surface area contributed by atoms with Crippen LogP contribution in [-0.4, -0.2) is 13.1 Å². The van der Waals surface area contributed by atoms with Gasteiger partial charge in [0.25, 0.3) is 0 Å². The molecule has 0 atom stereocenters. The Bertz CT molecular complexity index is 664. The molecule has 0 unspecified atom stereocenters. The van der Waals surface area contributed by atoms with Gasteiger partial charge in [0.1, 0.15) is 0 Å². The van der Waals surface area contributed by atoms with Crippen molar-refractivity contribution in [1.82, 2.24) is 0 Å². The fraction of sp³-hybridized carbons (Fsp3) is 0.278. The molecule has 1 aliphatic rings. The smallest absolute Gasteiger partial charge is 0.338 e. The lowest BCUT2D eigenvalue weighted by Crippen LogP contribution is -2.09. The number of aryl methyl sites for hydroxylation is 2. The van der Waals surface area contributed by atoms with Gasteiger partial charge in [0.05, 0.1) is 12.7 Å². The van der Waals surface area contributed by atoms with Gasteiger partial charge in [-0.05, 0) is 54.2 Å². The van der Waals surface area contributed by atoms with Crippen LogP contribution in [0, 0.1) is 0 Å². The number of rotatable bonds is 4. The van der Waals surface area contributed by atoms with Crippen LogP contribution in [0.2, 0.25) is 0 Å². The highest BCUT2D eigenvalue weighted by molar-refractivity contribution is 5.91. The van der Waals surface area contributed by atoms with Crippen molar-refractivity contribution in [2.75, 3.05) is 12.4 Å². The average Bonchev–Trinajstić information content (AvgIpc) is 3.00. The zero-order valence-electron chi connectivity index (χ0n) is 12.2. The topological polar surface area (TPSA) is 38.3 Å². The van der Waals surface area contributed by atoms with Gasteiger partial charge in [-0.3, -0.25) is 0 Å². The molecule has 3 nitrogen and oxygen atoms in total. The zero-order valence-corrected chi connectivity index (χ0v) is 12.2. The van der Waals surface area contributed by atoms with Gasteiger partial charge in [0.2, 0.25) is 0 Å². The van der Waals surface area contributed by atoms with Crippen LogP contribution in [0.15, 0.2) is 42.5 Å². The Kier molecular flexibility index (Phi) is 3.91. The van der Waals surface area contributed by atoms with Gasteiger partial charge in [-0.1, -0.05) is 24.3 Å². The molecule has 0 amide bonds. The summed E-state index contributed by atoms with van der Waals surface area (Å²) in [5, 5.41) is 3.40. The molecule has 108 valence electrons. The Balaban J connectivity index is 1.75. The number of fused-ring (bicyclic) bond motifs is 1. The van der Waals surface area contributed by atoms with E-state index in [0.717, 1.165) is 11.3 Å². The SMILES string of the molecule is COC(=O)c1ccccc1CNc1ccc2c(c1)CCC2. The van der Waals surface area contributed by atoms with Crippen LogP contribution < -0.4 is 5.32 Å². The third kappa shape index (κ3) is 2.92. The van der Waals surface area contributed by atoms with Crippen molar-refractivity contribution < 1.29 is 9.53 Å². The quantitative estimate of drug-likeness (QED) is 0.871. The Labute approximate surface area is 124 Å². The number of nitrogens with one attached hydrogen (secondary N) is 1. The van der Waals surface area contributed by atoms with E-state index in [1.54, 1.807) is 6.07 Å². The summed E-state index contributed by atoms with van der Waals surface area (Å²) in [4.78, 5) is 11.7. The van der Waals surface area contributed by atoms with E-state index in [-0.39, 0.29) is 5.97 Å². The molecule has 0 fully saturated rings. The molecule has 3 rings (SSSR count). The van der Waals surface area contributed by atoms with E-state index in [0.29, 0.717) is 12.1 Å². The minimum atomic E-state index is -0.290. The Morgan fingerprint density at radius 3 is 2.81 bits per heavy atom. The van der Waals surface area contributed by atoms with Crippen molar-refractivity contribution in [3.63, 3.8) is 0 Å². The highest BCUT2D eigenvalue weighted by atomic mass is 16.5. The summed E-state index contributed by atoms with van der Waals surface area (Å²) >= 11 is 0. The standard InChI is InChI=1S/C18H19NO2/c1-21-18(20)17-8-3-2-5-15(17)12-19-16-10-9-13-6-4-7-14(13)11-16/h2-3,5,8-11,19H,4,6-7,12H2,1H3. The van der Waals surface area contributed by atoms with E-state index >= 15 is 0 Å². The maximum Gasteiger partial charge on any atom is 0.338 e. The Morgan fingerprint density at radius 1 is 1.14 bits per heavy atom. The van der Waals surface area contributed by atoms with E-state index in [2.05, 4.69) is 23.5 Å². The number of methoxy groups -OCH3 is 1. The van der Waals surface area contributed by atoms with Crippen LogP contribution in [0.4, 0.5) is 5.69 Å². The van der Waals surface area contributed by atoms with Crippen LogP contribution in [0.5, 0.6) is 0 Å². The van der Waals surface area contributed by atoms with Crippen LogP contribution in [0.25, 0.3) is 0 Å². The summed E-state index contributed by atoms with van der Waals surface area (Å²) in [6.45, 7) is 0.615. The van der Waals surface area contributed by atoms with Gasteiger partial charge < -0.3 is 10.1 Å². The second-order valence-corrected chi connectivity index (χ2v) is 5.34. The first-order valence-electron chi connectivity index (χ1n) is 7.30. The zero-order chi connectivity index (χ0) is 14.7. The second-order valence-electron chi connectivity index (χ2n) is 5.34. The predicted octanol–water partition coefficient (Wildman–Crippen LogP) is 3.57. The van der Waals surface area contributed by atoms with Crippen molar-refractivity contribution in [2.24, 2.45) is 0 Å². The minimum absolute atomic E-state index is 0.290. The molecule has 0 spiro atoms. The van der Waals surface area contributed by atoms with Gasteiger partial charge in [-0.2, -0.15) is 0 Å². The number of anilines is 1. The molecule has 0 bridgehead atoms. The summed E-state index contributed by atoms with van der Waals surface area (Å²) in [5.74, 6) is -0.290. The minimum Gasteiger partial charge on any atom is -0.465 e. The number of hydrogen-bond acceptors (Lipinski definition) is 3. The fourth-order valence-corrected chi connectivity index (χ4v) is 2.86. The second kappa shape index (κ2) is 6.00. The molecule has 1 N–H and O–H groups in total. The molecule has 2 aromatic rings. The number of benzene rings is 2. The highest BCUT2D eigenvalue weighted by Gasteiger charge is 2.12. The van der Waals surface area contributed by atoms with E-state index in [1.165, 1.54) is 37.5 Å². The highest BCUT2D eigenvalue weighted by Crippen LogP contribution is 2.25. The lowest BCUT2D eigenvalue weighted by molar-refractivity contribution is 0.0599. The van der Waals surface area contributed by atoms with Gasteiger partial charge in [0.15, 0.2) is 0 Å². The number of ether oxygens (including phenoxy) is 1. The van der Waals surface area contributed by atoms with E-state index in [1.807, 2.05) is 18.2 Å². The normalized spacial score (nSPS) is 12.8. The molecule has 0 heterocycles. The number of hydrogen-bond donors (Lipinski definition) is 1. The average molecular weight is 281 g/mol. The largest absolute Gasteiger partial charge is 0.465 e. The van der Waals surface area contributed by atoms with E-state index < -0.39 is 0 Å². The first-order valence-corrected chi connectivity index (χ1v) is 7.30. The predicted molar refractivity (Wildman–Crippen MR) is 83.6 cm³/mol. The molecular formula is C18H19NO2. The number of carbonyl (C=O) groups excluding carboxylic acids is 1. The molecule has 3 heteroatoms. The van der Waals surface area contributed by atoms with Gasteiger partial charge in [-0.15, -0.1) is 0 Å². The summed E-state index contributed by atoms with van der Waals surface area (Å²) < 4.78 is 4.82. The van der Waals surface area contributed by atoms with Gasteiger partial charge >= 0.3 is 5.97 Å². The van der Waals surface area contributed by atoms with Gasteiger partial charge in [0, 0.05) is 12.2 Å². The molecule has 0 aromatic heterocycles. The molecule has 0 aliphatic heterocycles. The summed E-state index contributed by atoms with van der Waals surface area (Å²) in [6.07, 6.45) is 3.62. The fourth-order valence-electron chi connectivity index (χ4n) is 2.86. The Hall–Kier alpha value is -2.29. The first kappa shape index (κ1) is 13.7. The number of esters is 1. The van der Waals surface area contributed by atoms with E-state index in [4.69, 9.17) is 4.74 Å². The van der Waals surface area contributed by atoms with Crippen molar-refractivity contribution in [1.29, 1.82) is 0 Å². The Morgan fingerprint density at radius 2 is 1.95 bits per heavy atom. The molecular weight excluding hydrogens is 262 g/mol. The summed E-state index contributed by atoms with van der Waals surface area (Å²) in [7, 11) is 1.41. The third-order valence-electron chi connectivity index (χ3n) is 4.00. The third-order valence-corrected chi connectivity index (χ3v) is 4.00. The lowest BCUT2D eigenvalue weighted by atomic mass is 10.1. The van der Waals surface area contributed by atoms with Crippen LogP contribution in [-0.2, 0) is 24.1 Å². The monoisotopic (exact) mass is 281 g/mol. The van der Waals surface area contributed by atoms with Crippen molar-refractivity contribution in [3.05, 3.63) is 64.7 Å². The van der Waals surface area contributed by atoms with Crippen molar-refractivity contribution in [2.45, 2.75) is 25.8 Å². The molecule has 2 aromatic carbocycles. The maximum atomic E-state index is 11.7. The van der Waals surface area contributed by atoms with E-state index in [9.17, 15) is 4.79 Å². The molecule has 0 radical (unpaired) electrons. The molecule has 21 heavy (non-hydrogen) atoms. The maximum absolute atomic E-state index is 11.7. The number of carbonyl (C=O) groups is 1. The van der Waals surface area contributed by atoms with Gasteiger partial charge in [-0.25, -0.2) is 4.79 Å². The summed E-state index contributed by atoms with van der Waals surface area (Å²) in [6, 6.07) is 14.1. The van der Waals surface area contributed by atoms with Crippen LogP contribution in [0.1, 0.15) is 33.5 Å². The van der Waals surface area contributed by atoms with Crippen LogP contribution >= 0.6 is 0 Å².